The zero-order chi connectivity index (χ0) is 15.2. The lowest BCUT2D eigenvalue weighted by Gasteiger charge is -2.18. The van der Waals surface area contributed by atoms with E-state index in [-0.39, 0.29) is 11.4 Å². The number of nitrogens with two attached hydrogens (primary N) is 3. The van der Waals surface area contributed by atoms with Crippen LogP contribution >= 0.6 is 0 Å². The monoisotopic (exact) mass is 288 g/mol. The van der Waals surface area contributed by atoms with Gasteiger partial charge in [0.1, 0.15) is 5.82 Å². The lowest BCUT2D eigenvalue weighted by molar-refractivity contribution is 0.100. The molecule has 112 valence electrons. The molecule has 0 saturated carbocycles. The summed E-state index contributed by atoms with van der Waals surface area (Å²) in [5, 5.41) is 3.29. The number of amides is 1. The summed E-state index contributed by atoms with van der Waals surface area (Å²) in [7, 11) is 0. The maximum Gasteiger partial charge on any atom is 0.252 e. The van der Waals surface area contributed by atoms with Crippen LogP contribution in [-0.2, 0) is 0 Å². The SMILES string of the molecule is NC=C(C=NC1CCNCC1)c1cnc(N)c(C(N)=O)c1. The van der Waals surface area contributed by atoms with Crippen molar-refractivity contribution in [1.82, 2.24) is 10.3 Å². The van der Waals surface area contributed by atoms with E-state index in [0.29, 0.717) is 17.2 Å². The molecule has 0 unspecified atom stereocenters. The van der Waals surface area contributed by atoms with Crippen molar-refractivity contribution in [2.45, 2.75) is 18.9 Å². The number of pyridine rings is 1. The van der Waals surface area contributed by atoms with Gasteiger partial charge in [-0.25, -0.2) is 4.98 Å². The fourth-order valence-electron chi connectivity index (χ4n) is 2.19. The molecule has 7 heteroatoms. The molecule has 1 fully saturated rings. The quantitative estimate of drug-likeness (QED) is 0.574. The van der Waals surface area contributed by atoms with Gasteiger partial charge in [0.2, 0.25) is 0 Å². The number of aliphatic imine (C=N–C) groups is 1. The predicted octanol–water partition coefficient (Wildman–Crippen LogP) is -0.115. The third-order valence-corrected chi connectivity index (χ3v) is 3.43. The second kappa shape index (κ2) is 6.85. The highest BCUT2D eigenvalue weighted by molar-refractivity contribution is 6.10. The Bertz CT molecular complexity index is 575. The van der Waals surface area contributed by atoms with Gasteiger partial charge in [0, 0.05) is 29.7 Å². The Kier molecular flexibility index (Phi) is 4.89. The highest BCUT2D eigenvalue weighted by Crippen LogP contribution is 2.17. The molecule has 1 aliphatic heterocycles. The Morgan fingerprint density at radius 3 is 2.76 bits per heavy atom. The molecular weight excluding hydrogens is 268 g/mol. The second-order valence-electron chi connectivity index (χ2n) is 4.90. The maximum atomic E-state index is 11.3. The number of primary amides is 1. The summed E-state index contributed by atoms with van der Waals surface area (Å²) in [5.41, 5.74) is 18.1. The van der Waals surface area contributed by atoms with E-state index in [1.54, 1.807) is 18.5 Å². The molecule has 7 nitrogen and oxygen atoms in total. The Morgan fingerprint density at radius 2 is 2.14 bits per heavy atom. The Morgan fingerprint density at radius 1 is 1.43 bits per heavy atom. The van der Waals surface area contributed by atoms with Crippen molar-refractivity contribution in [1.29, 1.82) is 0 Å². The van der Waals surface area contributed by atoms with Crippen LogP contribution in [0.5, 0.6) is 0 Å². The van der Waals surface area contributed by atoms with E-state index >= 15 is 0 Å². The average molecular weight is 288 g/mol. The summed E-state index contributed by atoms with van der Waals surface area (Å²) < 4.78 is 0. The summed E-state index contributed by atoms with van der Waals surface area (Å²) in [5.74, 6) is -0.508. The molecule has 7 N–H and O–H groups in total. The highest BCUT2D eigenvalue weighted by atomic mass is 16.1. The summed E-state index contributed by atoms with van der Waals surface area (Å²) in [6.07, 6.45) is 6.70. The molecule has 0 aromatic carbocycles. The number of anilines is 1. The number of nitrogens with one attached hydrogen (secondary N) is 1. The van der Waals surface area contributed by atoms with E-state index in [9.17, 15) is 4.79 Å². The Hall–Kier alpha value is -2.41. The molecule has 2 heterocycles. The molecule has 1 aliphatic rings. The second-order valence-corrected chi connectivity index (χ2v) is 4.90. The first-order chi connectivity index (χ1) is 10.1. The minimum absolute atomic E-state index is 0.109. The van der Waals surface area contributed by atoms with Gasteiger partial charge in [-0.2, -0.15) is 0 Å². The first kappa shape index (κ1) is 15.0. The smallest absolute Gasteiger partial charge is 0.252 e. The number of carbonyl (C=O) groups excluding carboxylic acids is 1. The number of hydrogen-bond donors (Lipinski definition) is 4. The van der Waals surface area contributed by atoms with Crippen LogP contribution in [-0.4, -0.2) is 36.2 Å². The molecule has 0 radical (unpaired) electrons. The zero-order valence-electron chi connectivity index (χ0n) is 11.7. The third-order valence-electron chi connectivity index (χ3n) is 3.43. The maximum absolute atomic E-state index is 11.3. The van der Waals surface area contributed by atoms with Crippen molar-refractivity contribution in [3.05, 3.63) is 29.6 Å². The third kappa shape index (κ3) is 3.79. The number of nitrogen functional groups attached to an aromatic ring is 1. The lowest BCUT2D eigenvalue weighted by atomic mass is 10.1. The number of piperidine rings is 1. The van der Waals surface area contributed by atoms with Crippen LogP contribution in [0.4, 0.5) is 5.82 Å². The van der Waals surface area contributed by atoms with E-state index in [2.05, 4.69) is 15.3 Å². The van der Waals surface area contributed by atoms with Crippen molar-refractivity contribution in [2.24, 2.45) is 16.5 Å². The minimum atomic E-state index is -0.617. The van der Waals surface area contributed by atoms with Gasteiger partial charge in [0.15, 0.2) is 0 Å². The van der Waals surface area contributed by atoms with Crippen LogP contribution < -0.4 is 22.5 Å². The molecule has 0 aliphatic carbocycles. The van der Waals surface area contributed by atoms with Crippen LogP contribution in [0, 0.1) is 0 Å². The van der Waals surface area contributed by atoms with Crippen LogP contribution in [0.1, 0.15) is 28.8 Å². The van der Waals surface area contributed by atoms with E-state index in [1.807, 2.05) is 0 Å². The minimum Gasteiger partial charge on any atom is -0.404 e. The zero-order valence-corrected chi connectivity index (χ0v) is 11.7. The van der Waals surface area contributed by atoms with E-state index in [4.69, 9.17) is 17.2 Å². The highest BCUT2D eigenvalue weighted by Gasteiger charge is 2.12. The van der Waals surface area contributed by atoms with E-state index in [1.165, 1.54) is 6.20 Å². The van der Waals surface area contributed by atoms with Crippen molar-refractivity contribution >= 4 is 23.5 Å². The molecular formula is C14H20N6O. The number of hydrogen-bond acceptors (Lipinski definition) is 6. The van der Waals surface area contributed by atoms with Gasteiger partial charge in [-0.15, -0.1) is 0 Å². The van der Waals surface area contributed by atoms with Crippen molar-refractivity contribution < 1.29 is 4.79 Å². The van der Waals surface area contributed by atoms with Gasteiger partial charge in [-0.05, 0) is 32.0 Å². The van der Waals surface area contributed by atoms with Gasteiger partial charge in [-0.3, -0.25) is 9.79 Å². The summed E-state index contributed by atoms with van der Waals surface area (Å²) in [6.45, 7) is 1.94. The van der Waals surface area contributed by atoms with Crippen LogP contribution in [0.15, 0.2) is 23.5 Å². The van der Waals surface area contributed by atoms with Crippen LogP contribution in [0.3, 0.4) is 0 Å². The normalized spacial score (nSPS) is 17.2. The van der Waals surface area contributed by atoms with Gasteiger partial charge < -0.3 is 22.5 Å². The van der Waals surface area contributed by atoms with Crippen molar-refractivity contribution in [3.8, 4) is 0 Å². The topological polar surface area (TPSA) is 132 Å². The molecule has 0 atom stereocenters. The van der Waals surface area contributed by atoms with Gasteiger partial charge >= 0.3 is 0 Å². The van der Waals surface area contributed by atoms with Gasteiger partial charge in [0.05, 0.1) is 11.6 Å². The van der Waals surface area contributed by atoms with Gasteiger partial charge in [0.25, 0.3) is 5.91 Å². The number of nitrogens with zero attached hydrogens (tertiary/aromatic N) is 2. The first-order valence-corrected chi connectivity index (χ1v) is 6.83. The molecule has 2 rings (SSSR count). The molecule has 1 amide bonds. The molecule has 1 aromatic rings. The molecule has 0 bridgehead atoms. The number of rotatable bonds is 4. The first-order valence-electron chi connectivity index (χ1n) is 6.83. The van der Waals surface area contributed by atoms with Gasteiger partial charge in [-0.1, -0.05) is 0 Å². The summed E-state index contributed by atoms with van der Waals surface area (Å²) in [6, 6.07) is 1.87. The van der Waals surface area contributed by atoms with Crippen molar-refractivity contribution in [2.75, 3.05) is 18.8 Å². The lowest BCUT2D eigenvalue weighted by Crippen LogP contribution is -2.29. The standard InChI is InChI=1S/C14H20N6O/c15-6-10(8-19-11-1-3-18-4-2-11)9-5-12(14(17)21)13(16)20-7-9/h5-8,11,18H,1-4,15H2,(H2,16,20)(H2,17,21). The van der Waals surface area contributed by atoms with E-state index < -0.39 is 5.91 Å². The van der Waals surface area contributed by atoms with Crippen LogP contribution in [0.25, 0.3) is 5.57 Å². The molecule has 1 saturated heterocycles. The predicted molar refractivity (Wildman–Crippen MR) is 83.7 cm³/mol. The van der Waals surface area contributed by atoms with E-state index in [0.717, 1.165) is 25.9 Å². The largest absolute Gasteiger partial charge is 0.404 e. The average Bonchev–Trinajstić information content (AvgIpc) is 2.50. The molecule has 21 heavy (non-hydrogen) atoms. The fraction of sp³-hybridized carbons (Fsp3) is 0.357. The van der Waals surface area contributed by atoms with Crippen LogP contribution in [0.2, 0.25) is 0 Å². The Balaban J connectivity index is 2.19. The number of allylic oxidation sites excluding steroid dienone is 1. The fourth-order valence-corrected chi connectivity index (χ4v) is 2.19. The Labute approximate surface area is 123 Å². The number of carbonyl (C=O) groups is 1. The molecule has 1 aromatic heterocycles. The summed E-state index contributed by atoms with van der Waals surface area (Å²) in [4.78, 5) is 19.8. The summed E-state index contributed by atoms with van der Waals surface area (Å²) >= 11 is 0. The van der Waals surface area contributed by atoms with Crippen molar-refractivity contribution in [3.63, 3.8) is 0 Å². The number of aromatic nitrogens is 1. The molecule has 0 spiro atoms.